The van der Waals surface area contributed by atoms with Crippen molar-refractivity contribution in [2.75, 3.05) is 20.1 Å². The second-order valence-electron chi connectivity index (χ2n) is 7.17. The fraction of sp³-hybridized carbons (Fsp3) is 0.318. The standard InChI is InChI=1S/C22H25N3/c1-16-4-5-21-20(14-16)19-8-12-24(3)13-9-22(19)25(21)15-17(2)18-6-10-23-11-7-18/h4-7,10-11,14-15H,8-9,12-13H2,1-3H3/b17-15+. The van der Waals surface area contributed by atoms with Crippen molar-refractivity contribution >= 4 is 22.7 Å². The first kappa shape index (κ1) is 16.1. The summed E-state index contributed by atoms with van der Waals surface area (Å²) in [5.41, 5.74) is 8.15. The number of hydrogen-bond acceptors (Lipinski definition) is 2. The molecule has 3 heteroatoms. The maximum Gasteiger partial charge on any atom is 0.0528 e. The minimum Gasteiger partial charge on any atom is -0.320 e. The number of likely N-dealkylation sites (N-methyl/N-ethyl adjacent to an activating group) is 1. The Kier molecular flexibility index (Phi) is 4.18. The van der Waals surface area contributed by atoms with Crippen LogP contribution in [0.25, 0.3) is 22.7 Å². The summed E-state index contributed by atoms with van der Waals surface area (Å²) in [4.78, 5) is 6.57. The number of allylic oxidation sites excluding steroid dienone is 1. The third-order valence-electron chi connectivity index (χ3n) is 5.31. The molecule has 3 heterocycles. The first-order valence-corrected chi connectivity index (χ1v) is 9.03. The SMILES string of the molecule is C/C(=C\n1c2c(c3cc(C)ccc31)CCN(C)CC2)c1ccncc1. The Morgan fingerprint density at radius 3 is 2.64 bits per heavy atom. The number of nitrogens with zero attached hydrogens (tertiary/aromatic N) is 3. The Labute approximate surface area is 149 Å². The highest BCUT2D eigenvalue weighted by atomic mass is 15.1. The Morgan fingerprint density at radius 2 is 1.84 bits per heavy atom. The van der Waals surface area contributed by atoms with Crippen LogP contribution in [0.4, 0.5) is 0 Å². The molecule has 0 radical (unpaired) electrons. The summed E-state index contributed by atoms with van der Waals surface area (Å²) >= 11 is 0. The van der Waals surface area contributed by atoms with Crippen molar-refractivity contribution in [2.24, 2.45) is 0 Å². The summed E-state index contributed by atoms with van der Waals surface area (Å²) in [6.45, 7) is 6.62. The quantitative estimate of drug-likeness (QED) is 0.694. The molecule has 0 aliphatic carbocycles. The molecule has 1 aromatic carbocycles. The van der Waals surface area contributed by atoms with Gasteiger partial charge < -0.3 is 9.47 Å². The van der Waals surface area contributed by atoms with Gasteiger partial charge in [0.15, 0.2) is 0 Å². The molecule has 0 unspecified atom stereocenters. The van der Waals surface area contributed by atoms with Gasteiger partial charge in [-0.3, -0.25) is 4.98 Å². The largest absolute Gasteiger partial charge is 0.320 e. The first-order chi connectivity index (χ1) is 12.1. The highest BCUT2D eigenvalue weighted by Gasteiger charge is 2.20. The van der Waals surface area contributed by atoms with Gasteiger partial charge in [-0.25, -0.2) is 0 Å². The molecule has 0 saturated carbocycles. The van der Waals surface area contributed by atoms with Crippen LogP contribution in [0.5, 0.6) is 0 Å². The lowest BCUT2D eigenvalue weighted by Gasteiger charge is -2.13. The molecular weight excluding hydrogens is 306 g/mol. The van der Waals surface area contributed by atoms with Crippen LogP contribution in [0, 0.1) is 6.92 Å². The predicted octanol–water partition coefficient (Wildman–Crippen LogP) is 4.39. The lowest BCUT2D eigenvalue weighted by Crippen LogP contribution is -2.21. The second-order valence-corrected chi connectivity index (χ2v) is 7.17. The number of pyridine rings is 1. The Hall–Kier alpha value is -2.39. The van der Waals surface area contributed by atoms with Crippen LogP contribution in [0.15, 0.2) is 42.7 Å². The van der Waals surface area contributed by atoms with Crippen molar-refractivity contribution in [3.63, 3.8) is 0 Å². The summed E-state index contributed by atoms with van der Waals surface area (Å²) in [5, 5.41) is 1.42. The molecular formula is C22H25N3. The van der Waals surface area contributed by atoms with Crippen molar-refractivity contribution < 1.29 is 0 Å². The van der Waals surface area contributed by atoms with Crippen LogP contribution < -0.4 is 0 Å². The average molecular weight is 331 g/mol. The molecule has 3 nitrogen and oxygen atoms in total. The molecule has 0 N–H and O–H groups in total. The maximum atomic E-state index is 4.14. The summed E-state index contributed by atoms with van der Waals surface area (Å²) in [6.07, 6.45) is 8.25. The number of rotatable bonds is 2. The van der Waals surface area contributed by atoms with Gasteiger partial charge in [0.25, 0.3) is 0 Å². The third kappa shape index (κ3) is 3.00. The van der Waals surface area contributed by atoms with Gasteiger partial charge in [-0.1, -0.05) is 11.6 Å². The monoisotopic (exact) mass is 331 g/mol. The van der Waals surface area contributed by atoms with Gasteiger partial charge in [0.1, 0.15) is 0 Å². The summed E-state index contributed by atoms with van der Waals surface area (Å²) in [7, 11) is 2.22. The summed E-state index contributed by atoms with van der Waals surface area (Å²) in [5.74, 6) is 0. The lowest BCUT2D eigenvalue weighted by molar-refractivity contribution is 0.351. The molecule has 4 rings (SSSR count). The van der Waals surface area contributed by atoms with Crippen molar-refractivity contribution in [2.45, 2.75) is 26.7 Å². The van der Waals surface area contributed by atoms with Crippen molar-refractivity contribution in [1.82, 2.24) is 14.5 Å². The molecule has 0 fully saturated rings. The molecule has 1 aliphatic heterocycles. The minimum absolute atomic E-state index is 1.10. The van der Waals surface area contributed by atoms with Crippen LogP contribution >= 0.6 is 0 Å². The van der Waals surface area contributed by atoms with E-state index >= 15 is 0 Å². The fourth-order valence-corrected chi connectivity index (χ4v) is 3.84. The fourth-order valence-electron chi connectivity index (χ4n) is 3.84. The molecule has 0 spiro atoms. The third-order valence-corrected chi connectivity index (χ3v) is 5.31. The second kappa shape index (κ2) is 6.49. The van der Waals surface area contributed by atoms with E-state index in [4.69, 9.17) is 0 Å². The zero-order valence-corrected chi connectivity index (χ0v) is 15.3. The molecule has 3 aromatic rings. The van der Waals surface area contributed by atoms with Gasteiger partial charge in [0, 0.05) is 49.2 Å². The topological polar surface area (TPSA) is 21.1 Å². The molecule has 0 atom stereocenters. The smallest absolute Gasteiger partial charge is 0.0528 e. The van der Waals surface area contributed by atoms with Crippen LogP contribution in [-0.4, -0.2) is 34.6 Å². The number of benzene rings is 1. The van der Waals surface area contributed by atoms with E-state index in [1.165, 1.54) is 38.9 Å². The van der Waals surface area contributed by atoms with E-state index in [1.54, 1.807) is 0 Å². The molecule has 128 valence electrons. The lowest BCUT2D eigenvalue weighted by atomic mass is 10.1. The summed E-state index contributed by atoms with van der Waals surface area (Å²) < 4.78 is 2.43. The number of fused-ring (bicyclic) bond motifs is 3. The zero-order chi connectivity index (χ0) is 17.4. The molecule has 0 amide bonds. The van der Waals surface area contributed by atoms with Gasteiger partial charge in [-0.15, -0.1) is 0 Å². The molecule has 25 heavy (non-hydrogen) atoms. The molecule has 2 aromatic heterocycles. The van der Waals surface area contributed by atoms with Crippen LogP contribution in [0.1, 0.15) is 29.3 Å². The van der Waals surface area contributed by atoms with Gasteiger partial charge in [0.05, 0.1) is 5.52 Å². The van der Waals surface area contributed by atoms with E-state index in [0.717, 1.165) is 25.9 Å². The molecule has 0 saturated heterocycles. The van der Waals surface area contributed by atoms with E-state index in [9.17, 15) is 0 Å². The van der Waals surface area contributed by atoms with Crippen LogP contribution in [0.3, 0.4) is 0 Å². The van der Waals surface area contributed by atoms with Crippen molar-refractivity contribution in [3.05, 3.63) is 65.1 Å². The van der Waals surface area contributed by atoms with Gasteiger partial charge >= 0.3 is 0 Å². The minimum atomic E-state index is 1.10. The van der Waals surface area contributed by atoms with Crippen molar-refractivity contribution in [3.8, 4) is 0 Å². The zero-order valence-electron chi connectivity index (χ0n) is 15.3. The Balaban J connectivity index is 1.91. The Bertz CT molecular complexity index is 935. The number of aryl methyl sites for hydroxylation is 1. The van der Waals surface area contributed by atoms with Crippen molar-refractivity contribution in [1.29, 1.82) is 0 Å². The molecule has 0 bridgehead atoms. The van der Waals surface area contributed by atoms with E-state index < -0.39 is 0 Å². The number of aromatic nitrogens is 2. The normalized spacial score (nSPS) is 16.0. The van der Waals surface area contributed by atoms with E-state index in [-0.39, 0.29) is 0 Å². The number of hydrogen-bond donors (Lipinski definition) is 0. The van der Waals surface area contributed by atoms with E-state index in [2.05, 4.69) is 71.9 Å². The maximum absolute atomic E-state index is 4.14. The van der Waals surface area contributed by atoms with Crippen LogP contribution in [-0.2, 0) is 12.8 Å². The first-order valence-electron chi connectivity index (χ1n) is 9.03. The molecule has 1 aliphatic rings. The Morgan fingerprint density at radius 1 is 1.08 bits per heavy atom. The van der Waals surface area contributed by atoms with Gasteiger partial charge in [0.2, 0.25) is 0 Å². The highest BCUT2D eigenvalue weighted by Crippen LogP contribution is 2.31. The van der Waals surface area contributed by atoms with Gasteiger partial charge in [-0.05, 0) is 68.3 Å². The van der Waals surface area contributed by atoms with E-state index in [0.29, 0.717) is 0 Å². The summed E-state index contributed by atoms with van der Waals surface area (Å²) in [6, 6.07) is 11.0. The van der Waals surface area contributed by atoms with Gasteiger partial charge in [-0.2, -0.15) is 0 Å². The highest BCUT2D eigenvalue weighted by molar-refractivity contribution is 5.90. The van der Waals surface area contributed by atoms with E-state index in [1.807, 2.05) is 12.4 Å². The average Bonchev–Trinajstić information content (AvgIpc) is 2.76. The predicted molar refractivity (Wildman–Crippen MR) is 106 cm³/mol. The van der Waals surface area contributed by atoms with Crippen LogP contribution in [0.2, 0.25) is 0 Å².